The maximum absolute atomic E-state index is 13.4. The zero-order chi connectivity index (χ0) is 23.5. The molecule has 0 radical (unpaired) electrons. The van der Waals surface area contributed by atoms with E-state index in [9.17, 15) is 19.7 Å². The van der Waals surface area contributed by atoms with Crippen LogP contribution in [0.2, 0.25) is 0 Å². The third-order valence-corrected chi connectivity index (χ3v) is 6.11. The molecule has 4 rings (SSSR count). The van der Waals surface area contributed by atoms with Gasteiger partial charge in [0.2, 0.25) is 0 Å². The number of piperazine rings is 1. The smallest absolute Gasteiger partial charge is 0.277 e. The summed E-state index contributed by atoms with van der Waals surface area (Å²) in [5.74, 6) is 0.0641. The Morgan fingerprint density at radius 1 is 0.939 bits per heavy atom. The molecule has 0 bridgehead atoms. The predicted octanol–water partition coefficient (Wildman–Crippen LogP) is 2.17. The number of benzene rings is 2. The van der Waals surface area contributed by atoms with Gasteiger partial charge in [-0.25, -0.2) is 0 Å². The van der Waals surface area contributed by atoms with Crippen molar-refractivity contribution < 1.29 is 19.2 Å². The van der Waals surface area contributed by atoms with Gasteiger partial charge in [0.25, 0.3) is 17.5 Å². The molecule has 9 nitrogen and oxygen atoms in total. The zero-order valence-electron chi connectivity index (χ0n) is 18.7. The number of carbonyl (C=O) groups is 2. The number of methoxy groups -OCH3 is 1. The number of nitro groups is 1. The normalized spacial score (nSPS) is 17.2. The van der Waals surface area contributed by atoms with Gasteiger partial charge in [-0.1, -0.05) is 12.1 Å². The highest BCUT2D eigenvalue weighted by molar-refractivity contribution is 6.35. The molecule has 0 saturated carbocycles. The van der Waals surface area contributed by atoms with E-state index in [1.165, 1.54) is 17.0 Å². The summed E-state index contributed by atoms with van der Waals surface area (Å²) in [5, 5.41) is 11.0. The number of amides is 2. The molecule has 1 saturated heterocycles. The van der Waals surface area contributed by atoms with Crippen LogP contribution in [-0.2, 0) is 16.0 Å². The minimum Gasteiger partial charge on any atom is -0.497 e. The molecule has 9 heteroatoms. The lowest BCUT2D eigenvalue weighted by Gasteiger charge is -2.34. The van der Waals surface area contributed by atoms with Gasteiger partial charge >= 0.3 is 0 Å². The number of likely N-dealkylation sites (N-methyl/N-ethyl adjacent to an activating group) is 1. The Morgan fingerprint density at radius 3 is 2.15 bits per heavy atom. The lowest BCUT2D eigenvalue weighted by atomic mass is 10.0. The lowest BCUT2D eigenvalue weighted by Crippen LogP contribution is -2.46. The molecule has 0 unspecified atom stereocenters. The van der Waals surface area contributed by atoms with Crippen LogP contribution in [-0.4, -0.2) is 78.3 Å². The third kappa shape index (κ3) is 4.58. The Morgan fingerprint density at radius 2 is 1.58 bits per heavy atom. The monoisotopic (exact) mass is 450 g/mol. The molecule has 33 heavy (non-hydrogen) atoms. The SMILES string of the molecule is COc1ccc(CCN2C(=O)C(c3ccc([N+](=O)[O-])cc3)=C(N3CCN(C)CC3)C2=O)cc1. The number of non-ortho nitro benzene ring substituents is 1. The van der Waals surface area contributed by atoms with Gasteiger partial charge < -0.3 is 14.5 Å². The standard InChI is InChI=1S/C24H26N4O5/c1-25-13-15-26(16-14-25)22-21(18-5-7-19(8-6-18)28(31)32)23(29)27(24(22)30)12-11-17-3-9-20(33-2)10-4-17/h3-10H,11-16H2,1-2H3. The van der Waals surface area contributed by atoms with Crippen molar-refractivity contribution >= 4 is 23.1 Å². The average molecular weight is 450 g/mol. The van der Waals surface area contributed by atoms with E-state index >= 15 is 0 Å². The quantitative estimate of drug-likeness (QED) is 0.362. The van der Waals surface area contributed by atoms with Crippen LogP contribution < -0.4 is 4.74 Å². The van der Waals surface area contributed by atoms with E-state index < -0.39 is 4.92 Å². The van der Waals surface area contributed by atoms with Crippen molar-refractivity contribution in [2.24, 2.45) is 0 Å². The van der Waals surface area contributed by atoms with Crippen molar-refractivity contribution in [3.63, 3.8) is 0 Å². The lowest BCUT2D eigenvalue weighted by molar-refractivity contribution is -0.384. The van der Waals surface area contributed by atoms with Crippen LogP contribution in [0.5, 0.6) is 5.75 Å². The van der Waals surface area contributed by atoms with Crippen molar-refractivity contribution in [1.82, 2.24) is 14.7 Å². The highest BCUT2D eigenvalue weighted by Crippen LogP contribution is 2.33. The van der Waals surface area contributed by atoms with Crippen LogP contribution in [0.3, 0.4) is 0 Å². The first-order valence-electron chi connectivity index (χ1n) is 10.8. The fraction of sp³-hybridized carbons (Fsp3) is 0.333. The third-order valence-electron chi connectivity index (χ3n) is 6.11. The van der Waals surface area contributed by atoms with Crippen molar-refractivity contribution in [1.29, 1.82) is 0 Å². The highest BCUT2D eigenvalue weighted by Gasteiger charge is 2.41. The number of carbonyl (C=O) groups excluding carboxylic acids is 2. The summed E-state index contributed by atoms with van der Waals surface area (Å²) >= 11 is 0. The van der Waals surface area contributed by atoms with Crippen LogP contribution in [0.25, 0.3) is 5.57 Å². The van der Waals surface area contributed by atoms with Gasteiger partial charge in [-0.15, -0.1) is 0 Å². The summed E-state index contributed by atoms with van der Waals surface area (Å²) in [7, 11) is 3.62. The average Bonchev–Trinajstić information content (AvgIpc) is 3.08. The van der Waals surface area contributed by atoms with E-state index in [-0.39, 0.29) is 24.0 Å². The highest BCUT2D eigenvalue weighted by atomic mass is 16.6. The Kier molecular flexibility index (Phi) is 6.41. The zero-order valence-corrected chi connectivity index (χ0v) is 18.7. The minimum absolute atomic E-state index is 0.0615. The van der Waals surface area contributed by atoms with E-state index in [1.807, 2.05) is 36.2 Å². The van der Waals surface area contributed by atoms with Crippen molar-refractivity contribution in [3.05, 3.63) is 75.5 Å². The van der Waals surface area contributed by atoms with Crippen LogP contribution in [0.4, 0.5) is 5.69 Å². The molecule has 2 aliphatic heterocycles. The fourth-order valence-electron chi connectivity index (χ4n) is 4.13. The Bertz CT molecular complexity index is 1090. The van der Waals surface area contributed by atoms with Gasteiger partial charge in [0.15, 0.2) is 0 Å². The van der Waals surface area contributed by atoms with Gasteiger partial charge in [0, 0.05) is 44.9 Å². The molecule has 0 aliphatic carbocycles. The van der Waals surface area contributed by atoms with Gasteiger partial charge in [0.1, 0.15) is 11.4 Å². The van der Waals surface area contributed by atoms with Gasteiger partial charge in [0.05, 0.1) is 17.6 Å². The second kappa shape index (κ2) is 9.41. The second-order valence-corrected chi connectivity index (χ2v) is 8.18. The molecule has 172 valence electrons. The van der Waals surface area contributed by atoms with E-state index in [4.69, 9.17) is 4.74 Å². The van der Waals surface area contributed by atoms with Crippen LogP contribution >= 0.6 is 0 Å². The van der Waals surface area contributed by atoms with E-state index in [0.717, 1.165) is 24.4 Å². The molecule has 2 aliphatic rings. The van der Waals surface area contributed by atoms with E-state index in [2.05, 4.69) is 4.90 Å². The summed E-state index contributed by atoms with van der Waals surface area (Å²) in [5.41, 5.74) is 2.14. The number of hydrogen-bond acceptors (Lipinski definition) is 7. The number of hydrogen-bond donors (Lipinski definition) is 0. The van der Waals surface area contributed by atoms with E-state index in [0.29, 0.717) is 36.3 Å². The molecule has 0 aromatic heterocycles. The molecule has 2 heterocycles. The van der Waals surface area contributed by atoms with Crippen LogP contribution in [0.15, 0.2) is 54.2 Å². The first kappa shape index (κ1) is 22.5. The summed E-state index contributed by atoms with van der Waals surface area (Å²) in [4.78, 5) is 42.9. The predicted molar refractivity (Wildman–Crippen MR) is 123 cm³/mol. The molecule has 0 N–H and O–H groups in total. The molecular formula is C24H26N4O5. The molecule has 0 atom stereocenters. The number of nitro benzene ring substituents is 1. The summed E-state index contributed by atoms with van der Waals surface area (Å²) in [6.45, 7) is 3.08. The van der Waals surface area contributed by atoms with Crippen LogP contribution in [0, 0.1) is 10.1 Å². The van der Waals surface area contributed by atoms with Gasteiger partial charge in [-0.2, -0.15) is 0 Å². The molecular weight excluding hydrogens is 424 g/mol. The molecule has 2 aromatic carbocycles. The number of nitrogens with zero attached hydrogens (tertiary/aromatic N) is 4. The second-order valence-electron chi connectivity index (χ2n) is 8.18. The fourth-order valence-corrected chi connectivity index (χ4v) is 4.13. The molecule has 1 fully saturated rings. The number of ether oxygens (including phenoxy) is 1. The summed E-state index contributed by atoms with van der Waals surface area (Å²) < 4.78 is 5.18. The van der Waals surface area contributed by atoms with Crippen molar-refractivity contribution in [2.45, 2.75) is 6.42 Å². The van der Waals surface area contributed by atoms with Gasteiger partial charge in [-0.05, 0) is 48.9 Å². The van der Waals surface area contributed by atoms with Gasteiger partial charge in [-0.3, -0.25) is 24.6 Å². The largest absolute Gasteiger partial charge is 0.497 e. The Balaban J connectivity index is 1.62. The van der Waals surface area contributed by atoms with Crippen LogP contribution in [0.1, 0.15) is 11.1 Å². The minimum atomic E-state index is -0.484. The molecule has 2 aromatic rings. The maximum atomic E-state index is 13.4. The first-order chi connectivity index (χ1) is 15.9. The van der Waals surface area contributed by atoms with Crippen molar-refractivity contribution in [3.8, 4) is 5.75 Å². The Hall–Kier alpha value is -3.72. The van der Waals surface area contributed by atoms with Crippen molar-refractivity contribution in [2.75, 3.05) is 46.9 Å². The molecule has 2 amide bonds. The topological polar surface area (TPSA) is 96.2 Å². The summed E-state index contributed by atoms with van der Waals surface area (Å²) in [6.07, 6.45) is 0.519. The number of rotatable bonds is 7. The number of imide groups is 1. The maximum Gasteiger partial charge on any atom is 0.277 e. The Labute approximate surface area is 192 Å². The summed E-state index contributed by atoms with van der Waals surface area (Å²) in [6, 6.07) is 13.3. The first-order valence-corrected chi connectivity index (χ1v) is 10.8. The van der Waals surface area contributed by atoms with E-state index in [1.54, 1.807) is 19.2 Å². The molecule has 0 spiro atoms.